The third-order valence-corrected chi connectivity index (χ3v) is 3.60. The summed E-state index contributed by atoms with van der Waals surface area (Å²) in [6.45, 7) is 0.847. The molecule has 2 aliphatic rings. The summed E-state index contributed by atoms with van der Waals surface area (Å²) < 4.78 is 0. The van der Waals surface area contributed by atoms with Gasteiger partial charge in [0.1, 0.15) is 0 Å². The first-order valence-electron chi connectivity index (χ1n) is 6.77. The highest BCUT2D eigenvalue weighted by atomic mass is 16.1. The molecule has 0 N–H and O–H groups in total. The molecule has 1 aliphatic carbocycles. The Morgan fingerprint density at radius 1 is 1.05 bits per heavy atom. The predicted molar refractivity (Wildman–Crippen MR) is 77.2 cm³/mol. The Morgan fingerprint density at radius 2 is 1.89 bits per heavy atom. The van der Waals surface area contributed by atoms with E-state index in [1.54, 1.807) is 6.08 Å². The van der Waals surface area contributed by atoms with E-state index in [0.29, 0.717) is 6.42 Å². The molecule has 0 unspecified atom stereocenters. The fourth-order valence-corrected chi connectivity index (χ4v) is 2.55. The maximum absolute atomic E-state index is 11.5. The van der Waals surface area contributed by atoms with E-state index >= 15 is 0 Å². The van der Waals surface area contributed by atoms with Crippen LogP contribution in [0.15, 0.2) is 60.5 Å². The zero-order valence-electron chi connectivity index (χ0n) is 10.9. The summed E-state index contributed by atoms with van der Waals surface area (Å²) in [5, 5.41) is 0. The summed E-state index contributed by atoms with van der Waals surface area (Å²) in [7, 11) is 0. The lowest BCUT2D eigenvalue weighted by atomic mass is 10.0. The van der Waals surface area contributed by atoms with E-state index in [0.717, 1.165) is 25.1 Å². The zero-order chi connectivity index (χ0) is 13.1. The molecule has 0 radical (unpaired) electrons. The summed E-state index contributed by atoms with van der Waals surface area (Å²) in [6, 6.07) is 10.4. The second-order valence-corrected chi connectivity index (χ2v) is 4.95. The van der Waals surface area contributed by atoms with Crippen molar-refractivity contribution in [3.63, 3.8) is 0 Å². The van der Waals surface area contributed by atoms with Gasteiger partial charge in [-0.3, -0.25) is 4.79 Å². The minimum atomic E-state index is 0.257. The number of carbonyl (C=O) groups excluding carboxylic acids is 1. The second-order valence-electron chi connectivity index (χ2n) is 4.95. The third-order valence-electron chi connectivity index (χ3n) is 3.60. The van der Waals surface area contributed by atoms with Crippen molar-refractivity contribution in [2.45, 2.75) is 19.3 Å². The minimum Gasteiger partial charge on any atom is -0.348 e. The lowest BCUT2D eigenvalue weighted by molar-refractivity contribution is -0.115. The SMILES string of the molecule is O=C1C=C(N2C=CC(c3ccccc3)=CC2)CCC1. The second kappa shape index (κ2) is 5.27. The quantitative estimate of drug-likeness (QED) is 0.801. The largest absolute Gasteiger partial charge is 0.348 e. The number of allylic oxidation sites excluding steroid dienone is 4. The number of nitrogens with zero attached hydrogens (tertiary/aromatic N) is 1. The predicted octanol–water partition coefficient (Wildman–Crippen LogP) is 3.54. The molecule has 0 saturated carbocycles. The van der Waals surface area contributed by atoms with Gasteiger partial charge in [-0.25, -0.2) is 0 Å². The van der Waals surface area contributed by atoms with Crippen LogP contribution in [-0.2, 0) is 4.79 Å². The van der Waals surface area contributed by atoms with Gasteiger partial charge in [0.25, 0.3) is 0 Å². The van der Waals surface area contributed by atoms with Gasteiger partial charge in [-0.15, -0.1) is 0 Å². The van der Waals surface area contributed by atoms with Gasteiger partial charge in [0.2, 0.25) is 0 Å². The molecule has 1 aromatic rings. The average molecular weight is 251 g/mol. The fraction of sp³-hybridized carbons (Fsp3) is 0.235. The van der Waals surface area contributed by atoms with Crippen LogP contribution in [0.3, 0.4) is 0 Å². The van der Waals surface area contributed by atoms with E-state index in [9.17, 15) is 4.79 Å². The smallest absolute Gasteiger partial charge is 0.157 e. The molecule has 1 heterocycles. The first kappa shape index (κ1) is 12.0. The molecule has 0 bridgehead atoms. The molecule has 0 atom stereocenters. The summed E-state index contributed by atoms with van der Waals surface area (Å²) >= 11 is 0. The maximum atomic E-state index is 11.5. The average Bonchev–Trinajstić information content (AvgIpc) is 2.48. The zero-order valence-corrected chi connectivity index (χ0v) is 10.9. The van der Waals surface area contributed by atoms with Crippen molar-refractivity contribution in [3.05, 3.63) is 66.0 Å². The number of ketones is 1. The Labute approximate surface area is 113 Å². The van der Waals surface area contributed by atoms with Crippen LogP contribution in [-0.4, -0.2) is 17.2 Å². The van der Waals surface area contributed by atoms with E-state index in [2.05, 4.69) is 47.5 Å². The first-order chi connectivity index (χ1) is 9.33. The van der Waals surface area contributed by atoms with E-state index in [-0.39, 0.29) is 5.78 Å². The number of rotatable bonds is 2. The van der Waals surface area contributed by atoms with Gasteiger partial charge in [-0.2, -0.15) is 0 Å². The van der Waals surface area contributed by atoms with Gasteiger partial charge in [-0.1, -0.05) is 36.4 Å². The van der Waals surface area contributed by atoms with Crippen LogP contribution in [0.5, 0.6) is 0 Å². The normalized spacial score (nSPS) is 19.2. The van der Waals surface area contributed by atoms with Crippen molar-refractivity contribution in [2.24, 2.45) is 0 Å². The van der Waals surface area contributed by atoms with Gasteiger partial charge >= 0.3 is 0 Å². The van der Waals surface area contributed by atoms with Crippen molar-refractivity contribution >= 4 is 11.4 Å². The van der Waals surface area contributed by atoms with Crippen LogP contribution in [0.2, 0.25) is 0 Å². The molecule has 1 aromatic carbocycles. The van der Waals surface area contributed by atoms with E-state index in [1.807, 2.05) is 6.07 Å². The van der Waals surface area contributed by atoms with Crippen molar-refractivity contribution in [1.29, 1.82) is 0 Å². The van der Waals surface area contributed by atoms with Gasteiger partial charge in [-0.05, 0) is 30.1 Å². The molecule has 2 heteroatoms. The first-order valence-corrected chi connectivity index (χ1v) is 6.77. The van der Waals surface area contributed by atoms with E-state index in [1.165, 1.54) is 11.1 Å². The molecule has 96 valence electrons. The minimum absolute atomic E-state index is 0.257. The number of benzene rings is 1. The molecule has 0 amide bonds. The van der Waals surface area contributed by atoms with E-state index in [4.69, 9.17) is 0 Å². The topological polar surface area (TPSA) is 20.3 Å². The molecule has 0 aromatic heterocycles. The summed E-state index contributed by atoms with van der Waals surface area (Å²) in [5.41, 5.74) is 3.64. The van der Waals surface area contributed by atoms with Crippen LogP contribution >= 0.6 is 0 Å². The van der Waals surface area contributed by atoms with E-state index < -0.39 is 0 Å². The van der Waals surface area contributed by atoms with Gasteiger partial charge in [0, 0.05) is 30.9 Å². The molecule has 1 aliphatic heterocycles. The Hall–Kier alpha value is -2.09. The number of hydrogen-bond acceptors (Lipinski definition) is 2. The molecule has 0 fully saturated rings. The molecule has 2 nitrogen and oxygen atoms in total. The summed E-state index contributed by atoms with van der Waals surface area (Å²) in [4.78, 5) is 13.6. The van der Waals surface area contributed by atoms with Crippen LogP contribution in [0.1, 0.15) is 24.8 Å². The monoisotopic (exact) mass is 251 g/mol. The van der Waals surface area contributed by atoms with Crippen LogP contribution in [0, 0.1) is 0 Å². The van der Waals surface area contributed by atoms with Crippen molar-refractivity contribution in [3.8, 4) is 0 Å². The van der Waals surface area contributed by atoms with Crippen LogP contribution in [0.4, 0.5) is 0 Å². The van der Waals surface area contributed by atoms with Crippen molar-refractivity contribution < 1.29 is 4.79 Å². The maximum Gasteiger partial charge on any atom is 0.157 e. The van der Waals surface area contributed by atoms with Gasteiger partial charge in [0.05, 0.1) is 0 Å². The Bertz CT molecular complexity index is 566. The highest BCUT2D eigenvalue weighted by Crippen LogP contribution is 2.25. The Kier molecular flexibility index (Phi) is 3.32. The Balaban J connectivity index is 1.75. The molecule has 3 rings (SSSR count). The highest BCUT2D eigenvalue weighted by molar-refractivity contribution is 5.91. The van der Waals surface area contributed by atoms with Gasteiger partial charge < -0.3 is 4.90 Å². The lowest BCUT2D eigenvalue weighted by Gasteiger charge is -2.27. The number of hydrogen-bond donors (Lipinski definition) is 0. The highest BCUT2D eigenvalue weighted by Gasteiger charge is 2.15. The lowest BCUT2D eigenvalue weighted by Crippen LogP contribution is -2.22. The number of carbonyl (C=O) groups is 1. The van der Waals surface area contributed by atoms with Gasteiger partial charge in [0.15, 0.2) is 5.78 Å². The summed E-state index contributed by atoms with van der Waals surface area (Å²) in [6.07, 6.45) is 10.9. The summed E-state index contributed by atoms with van der Waals surface area (Å²) in [5.74, 6) is 0.257. The molecular formula is C17H17NO. The van der Waals surface area contributed by atoms with Crippen LogP contribution < -0.4 is 0 Å². The molecule has 19 heavy (non-hydrogen) atoms. The van der Waals surface area contributed by atoms with Crippen molar-refractivity contribution in [1.82, 2.24) is 4.90 Å². The third kappa shape index (κ3) is 2.68. The van der Waals surface area contributed by atoms with Crippen molar-refractivity contribution in [2.75, 3.05) is 6.54 Å². The fourth-order valence-electron chi connectivity index (χ4n) is 2.55. The molecule has 0 saturated heterocycles. The molecular weight excluding hydrogens is 234 g/mol. The standard InChI is InChI=1S/C17H17NO/c19-17-8-4-7-16(13-17)18-11-9-15(10-12-18)14-5-2-1-3-6-14/h1-3,5-6,9-11,13H,4,7-8,12H2. The molecule has 0 spiro atoms. The van der Waals surface area contributed by atoms with Crippen LogP contribution in [0.25, 0.3) is 5.57 Å². The Morgan fingerprint density at radius 3 is 2.58 bits per heavy atom.